The van der Waals surface area contributed by atoms with E-state index < -0.39 is 15.0 Å². The maximum Gasteiger partial charge on any atom is 0.339 e. The minimum absolute atomic E-state index is 0.0469. The van der Waals surface area contributed by atoms with Gasteiger partial charge in [0.15, 0.2) is 0 Å². The van der Waals surface area contributed by atoms with Crippen LogP contribution in [0.3, 0.4) is 0 Å². The van der Waals surface area contributed by atoms with E-state index in [4.69, 9.17) is 8.92 Å². The Bertz CT molecular complexity index is 888. The van der Waals surface area contributed by atoms with Crippen molar-refractivity contribution in [3.8, 4) is 11.5 Å². The van der Waals surface area contributed by atoms with Crippen LogP contribution in [0.5, 0.6) is 11.5 Å². The molecule has 25 heavy (non-hydrogen) atoms. The third kappa shape index (κ3) is 4.57. The first-order chi connectivity index (χ1) is 11.7. The molecule has 0 fully saturated rings. The van der Waals surface area contributed by atoms with Gasteiger partial charge in [-0.2, -0.15) is 8.42 Å². The van der Waals surface area contributed by atoms with Crippen molar-refractivity contribution in [1.29, 1.82) is 0 Å². The average molecular weight is 363 g/mol. The molecule has 2 rings (SSSR count). The van der Waals surface area contributed by atoms with Crippen molar-refractivity contribution in [1.82, 2.24) is 0 Å². The quantitative estimate of drug-likeness (QED) is 0.422. The highest BCUT2D eigenvalue weighted by Gasteiger charge is 2.19. The Morgan fingerprint density at radius 3 is 2.32 bits per heavy atom. The number of hydrogen-bond acceptors (Lipinski definition) is 6. The lowest BCUT2D eigenvalue weighted by Gasteiger charge is -2.14. The molecule has 0 saturated carbocycles. The van der Waals surface area contributed by atoms with E-state index in [2.05, 4.69) is 6.58 Å². The van der Waals surface area contributed by atoms with Crippen LogP contribution >= 0.6 is 0 Å². The number of benzene rings is 2. The predicted molar refractivity (Wildman–Crippen MR) is 93.2 cm³/mol. The number of non-ortho nitro benzene ring substituents is 1. The van der Waals surface area contributed by atoms with Gasteiger partial charge in [0, 0.05) is 17.7 Å². The first kappa shape index (κ1) is 18.5. The molecule has 8 heteroatoms. The van der Waals surface area contributed by atoms with E-state index in [1.54, 1.807) is 6.07 Å². The lowest BCUT2D eigenvalue weighted by Crippen LogP contribution is -2.10. The smallest absolute Gasteiger partial charge is 0.339 e. The lowest BCUT2D eigenvalue weighted by atomic mass is 10.2. The SMILES string of the molecule is C=Cc1cc(OS(=O)(=O)c2ccc([N+](=O)[O-])cc2)ccc1OC(C)C. The van der Waals surface area contributed by atoms with Gasteiger partial charge in [-0.1, -0.05) is 12.7 Å². The van der Waals surface area contributed by atoms with E-state index in [0.29, 0.717) is 11.3 Å². The number of nitrogens with zero attached hydrogens (tertiary/aromatic N) is 1. The van der Waals surface area contributed by atoms with Crippen molar-refractivity contribution in [2.45, 2.75) is 24.8 Å². The van der Waals surface area contributed by atoms with Crippen molar-refractivity contribution < 1.29 is 22.3 Å². The summed E-state index contributed by atoms with van der Waals surface area (Å²) in [4.78, 5) is 9.85. The molecule has 0 aliphatic heterocycles. The van der Waals surface area contributed by atoms with Gasteiger partial charge >= 0.3 is 10.1 Å². The predicted octanol–water partition coefficient (Wildman–Crippen LogP) is 3.79. The molecular weight excluding hydrogens is 346 g/mol. The number of rotatable bonds is 7. The Hall–Kier alpha value is -2.87. The van der Waals surface area contributed by atoms with Gasteiger partial charge in [0.1, 0.15) is 16.4 Å². The first-order valence-corrected chi connectivity index (χ1v) is 8.76. The van der Waals surface area contributed by atoms with Crippen molar-refractivity contribution in [2.75, 3.05) is 0 Å². The van der Waals surface area contributed by atoms with Crippen LogP contribution in [0.2, 0.25) is 0 Å². The van der Waals surface area contributed by atoms with Crippen molar-refractivity contribution in [3.63, 3.8) is 0 Å². The maximum atomic E-state index is 12.3. The lowest BCUT2D eigenvalue weighted by molar-refractivity contribution is -0.384. The Morgan fingerprint density at radius 1 is 1.16 bits per heavy atom. The monoisotopic (exact) mass is 363 g/mol. The topological polar surface area (TPSA) is 95.7 Å². The second-order valence-electron chi connectivity index (χ2n) is 5.36. The summed E-state index contributed by atoms with van der Waals surface area (Å²) in [7, 11) is -4.11. The summed E-state index contributed by atoms with van der Waals surface area (Å²) >= 11 is 0. The zero-order valence-corrected chi connectivity index (χ0v) is 14.5. The van der Waals surface area contributed by atoms with Gasteiger partial charge in [-0.25, -0.2) is 0 Å². The molecule has 2 aromatic rings. The van der Waals surface area contributed by atoms with Crippen LogP contribution in [-0.2, 0) is 10.1 Å². The standard InChI is InChI=1S/C17H17NO6S/c1-4-13-11-15(7-10-17(13)23-12(2)3)24-25(21,22)16-8-5-14(6-9-16)18(19)20/h4-12H,1H2,2-3H3. The second-order valence-corrected chi connectivity index (χ2v) is 6.91. The summed E-state index contributed by atoms with van der Waals surface area (Å²) in [6.07, 6.45) is 1.48. The van der Waals surface area contributed by atoms with E-state index in [1.165, 1.54) is 18.2 Å². The molecule has 0 N–H and O–H groups in total. The van der Waals surface area contributed by atoms with Crippen LogP contribution in [0.15, 0.2) is 53.9 Å². The van der Waals surface area contributed by atoms with Crippen LogP contribution in [0.1, 0.15) is 19.4 Å². The molecule has 7 nitrogen and oxygen atoms in total. The summed E-state index contributed by atoms with van der Waals surface area (Å²) in [5.74, 6) is 0.648. The Morgan fingerprint density at radius 2 is 1.80 bits per heavy atom. The Kier molecular flexibility index (Phi) is 5.43. The number of nitro groups is 1. The minimum Gasteiger partial charge on any atom is -0.490 e. The highest BCUT2D eigenvalue weighted by molar-refractivity contribution is 7.87. The van der Waals surface area contributed by atoms with Gasteiger partial charge in [-0.05, 0) is 44.2 Å². The number of hydrogen-bond donors (Lipinski definition) is 0. The van der Waals surface area contributed by atoms with Gasteiger partial charge in [-0.15, -0.1) is 0 Å². The summed E-state index contributed by atoms with van der Waals surface area (Å²) in [5, 5.41) is 10.6. The third-order valence-electron chi connectivity index (χ3n) is 3.11. The molecular formula is C17H17NO6S. The molecule has 0 aromatic heterocycles. The maximum absolute atomic E-state index is 12.3. The van der Waals surface area contributed by atoms with Gasteiger partial charge in [0.25, 0.3) is 5.69 Å². The van der Waals surface area contributed by atoms with Crippen LogP contribution in [0.25, 0.3) is 6.08 Å². The van der Waals surface area contributed by atoms with E-state index in [9.17, 15) is 18.5 Å². The molecule has 0 atom stereocenters. The second kappa shape index (κ2) is 7.35. The molecule has 0 saturated heterocycles. The van der Waals surface area contributed by atoms with Crippen LogP contribution in [-0.4, -0.2) is 19.4 Å². The molecule has 0 spiro atoms. The van der Waals surface area contributed by atoms with Gasteiger partial charge < -0.3 is 8.92 Å². The number of ether oxygens (including phenoxy) is 1. The molecule has 0 amide bonds. The first-order valence-electron chi connectivity index (χ1n) is 7.35. The summed E-state index contributed by atoms with van der Waals surface area (Å²) in [6, 6.07) is 9.01. The fourth-order valence-corrected chi connectivity index (χ4v) is 2.93. The van der Waals surface area contributed by atoms with E-state index in [-0.39, 0.29) is 22.4 Å². The Labute approximate surface area is 145 Å². The van der Waals surface area contributed by atoms with Crippen molar-refractivity contribution in [2.24, 2.45) is 0 Å². The minimum atomic E-state index is -4.11. The van der Waals surface area contributed by atoms with Gasteiger partial charge in [0.2, 0.25) is 0 Å². The van der Waals surface area contributed by atoms with Crippen molar-refractivity contribution >= 4 is 21.9 Å². The highest BCUT2D eigenvalue weighted by Crippen LogP contribution is 2.28. The summed E-state index contributed by atoms with van der Waals surface area (Å²) in [5.41, 5.74) is 0.383. The summed E-state index contributed by atoms with van der Waals surface area (Å²) < 4.78 is 35.3. The van der Waals surface area contributed by atoms with Gasteiger partial charge in [0.05, 0.1) is 11.0 Å². The fraction of sp³-hybridized carbons (Fsp3) is 0.176. The molecule has 0 unspecified atom stereocenters. The average Bonchev–Trinajstić information content (AvgIpc) is 2.55. The molecule has 2 aromatic carbocycles. The van der Waals surface area contributed by atoms with Crippen LogP contribution in [0, 0.1) is 10.1 Å². The molecule has 0 bridgehead atoms. The van der Waals surface area contributed by atoms with Crippen LogP contribution < -0.4 is 8.92 Å². The molecule has 0 radical (unpaired) electrons. The largest absolute Gasteiger partial charge is 0.490 e. The highest BCUT2D eigenvalue weighted by atomic mass is 32.2. The molecule has 132 valence electrons. The summed E-state index contributed by atoms with van der Waals surface area (Å²) in [6.45, 7) is 7.41. The van der Waals surface area contributed by atoms with E-state index >= 15 is 0 Å². The zero-order chi connectivity index (χ0) is 18.6. The van der Waals surface area contributed by atoms with E-state index in [0.717, 1.165) is 24.3 Å². The van der Waals surface area contributed by atoms with E-state index in [1.807, 2.05) is 13.8 Å². The molecule has 0 aliphatic rings. The third-order valence-corrected chi connectivity index (χ3v) is 4.37. The van der Waals surface area contributed by atoms with Gasteiger partial charge in [-0.3, -0.25) is 10.1 Å². The normalized spacial score (nSPS) is 11.2. The number of nitro benzene ring substituents is 1. The van der Waals surface area contributed by atoms with Crippen LogP contribution in [0.4, 0.5) is 5.69 Å². The molecule has 0 aliphatic carbocycles. The Balaban J connectivity index is 2.28. The fourth-order valence-electron chi connectivity index (χ4n) is 2.01. The van der Waals surface area contributed by atoms with Crippen molar-refractivity contribution in [3.05, 3.63) is 64.7 Å². The molecule has 0 heterocycles. The zero-order valence-electron chi connectivity index (χ0n) is 13.7.